The van der Waals surface area contributed by atoms with Crippen molar-refractivity contribution in [3.8, 4) is 0 Å². The number of hydrogen-bond donors (Lipinski definition) is 2. The minimum absolute atomic E-state index is 0.175. The first-order valence-corrected chi connectivity index (χ1v) is 7.91. The quantitative estimate of drug-likeness (QED) is 0.657. The van der Waals surface area contributed by atoms with Gasteiger partial charge in [-0.3, -0.25) is 0 Å². The summed E-state index contributed by atoms with van der Waals surface area (Å²) >= 11 is 0. The molecule has 1 unspecified atom stereocenters. The largest absolute Gasteiger partial charge is 0.399 e. The van der Waals surface area contributed by atoms with Gasteiger partial charge in [0.05, 0.1) is 4.90 Å². The van der Waals surface area contributed by atoms with Crippen LogP contribution in [0.15, 0.2) is 34.3 Å². The molecule has 0 amide bonds. The van der Waals surface area contributed by atoms with Crippen molar-refractivity contribution in [1.82, 2.24) is 4.83 Å². The van der Waals surface area contributed by atoms with Gasteiger partial charge in [-0.25, -0.2) is 4.83 Å². The lowest BCUT2D eigenvalue weighted by molar-refractivity contribution is 0.552. The Balaban J connectivity index is 2.13. The van der Waals surface area contributed by atoms with Gasteiger partial charge in [-0.2, -0.15) is 13.5 Å². The number of rotatable bonds is 3. The molecule has 0 radical (unpaired) electrons. The second-order valence-electron chi connectivity index (χ2n) is 4.91. The van der Waals surface area contributed by atoms with Gasteiger partial charge < -0.3 is 5.73 Å². The Morgan fingerprint density at radius 1 is 1.26 bits per heavy atom. The minimum atomic E-state index is -3.59. The molecule has 0 bridgehead atoms. The first kappa shape index (κ1) is 13.9. The number of hydrogen-bond acceptors (Lipinski definition) is 4. The molecule has 5 nitrogen and oxygen atoms in total. The van der Waals surface area contributed by atoms with Gasteiger partial charge in [0.2, 0.25) is 0 Å². The predicted octanol–water partition coefficient (Wildman–Crippen LogP) is 2.11. The van der Waals surface area contributed by atoms with Gasteiger partial charge in [0, 0.05) is 11.4 Å². The fourth-order valence-electron chi connectivity index (χ4n) is 2.15. The topological polar surface area (TPSA) is 84.5 Å². The van der Waals surface area contributed by atoms with Crippen LogP contribution >= 0.6 is 0 Å². The molecular formula is C13H19N3O2S. The van der Waals surface area contributed by atoms with Gasteiger partial charge in [-0.05, 0) is 49.4 Å². The minimum Gasteiger partial charge on any atom is -0.399 e. The van der Waals surface area contributed by atoms with E-state index < -0.39 is 10.0 Å². The summed E-state index contributed by atoms with van der Waals surface area (Å²) in [6.07, 6.45) is 4.20. The van der Waals surface area contributed by atoms with Crippen molar-refractivity contribution in [3.05, 3.63) is 24.3 Å². The second-order valence-corrected chi connectivity index (χ2v) is 6.57. The Bertz CT molecular complexity index is 564. The normalized spacial score (nSPS) is 22.4. The van der Waals surface area contributed by atoms with Crippen LogP contribution in [0, 0.1) is 5.92 Å². The molecule has 19 heavy (non-hydrogen) atoms. The monoisotopic (exact) mass is 281 g/mol. The van der Waals surface area contributed by atoms with Crippen LogP contribution in [0.25, 0.3) is 0 Å². The molecule has 0 spiro atoms. The van der Waals surface area contributed by atoms with Crippen molar-refractivity contribution in [3.63, 3.8) is 0 Å². The molecule has 2 rings (SSSR count). The number of nitrogens with one attached hydrogen (secondary N) is 1. The number of hydrazone groups is 1. The van der Waals surface area contributed by atoms with Crippen molar-refractivity contribution in [1.29, 1.82) is 0 Å². The van der Waals surface area contributed by atoms with Gasteiger partial charge in [0.15, 0.2) is 0 Å². The Morgan fingerprint density at radius 2 is 1.95 bits per heavy atom. The molecule has 3 N–H and O–H groups in total. The van der Waals surface area contributed by atoms with E-state index in [1.165, 1.54) is 18.6 Å². The van der Waals surface area contributed by atoms with E-state index in [0.717, 1.165) is 25.0 Å². The summed E-state index contributed by atoms with van der Waals surface area (Å²) in [6.45, 7) is 2.08. The average Bonchev–Trinajstić information content (AvgIpc) is 2.38. The lowest BCUT2D eigenvalue weighted by atomic mass is 9.89. The summed E-state index contributed by atoms with van der Waals surface area (Å²) < 4.78 is 24.1. The van der Waals surface area contributed by atoms with E-state index in [4.69, 9.17) is 5.73 Å². The molecule has 0 aromatic heterocycles. The van der Waals surface area contributed by atoms with Crippen LogP contribution in [0.5, 0.6) is 0 Å². The highest BCUT2D eigenvalue weighted by Crippen LogP contribution is 2.21. The third-order valence-electron chi connectivity index (χ3n) is 3.39. The Labute approximate surface area is 113 Å². The van der Waals surface area contributed by atoms with Gasteiger partial charge in [-0.1, -0.05) is 13.3 Å². The zero-order chi connectivity index (χ0) is 13.9. The summed E-state index contributed by atoms with van der Waals surface area (Å²) in [5, 5.41) is 4.08. The third kappa shape index (κ3) is 3.47. The molecule has 1 aliphatic rings. The van der Waals surface area contributed by atoms with Gasteiger partial charge >= 0.3 is 0 Å². The number of benzene rings is 1. The summed E-state index contributed by atoms with van der Waals surface area (Å²) in [7, 11) is -3.59. The standard InChI is InChI=1S/C13H19N3O2S/c1-10-4-2-3-5-13(10)15-16-19(17,18)12-8-6-11(14)7-9-12/h6-10,16H,2-5,14H2,1H3. The summed E-state index contributed by atoms with van der Waals surface area (Å²) in [5.41, 5.74) is 7.01. The van der Waals surface area contributed by atoms with Crippen LogP contribution in [0.2, 0.25) is 0 Å². The van der Waals surface area contributed by atoms with E-state index in [0.29, 0.717) is 11.6 Å². The lowest BCUT2D eigenvalue weighted by Gasteiger charge is -2.19. The number of sulfonamides is 1. The second kappa shape index (κ2) is 5.61. The highest BCUT2D eigenvalue weighted by molar-refractivity contribution is 7.89. The molecule has 1 atom stereocenters. The smallest absolute Gasteiger partial charge is 0.276 e. The molecule has 1 aromatic rings. The molecule has 0 aliphatic heterocycles. The van der Waals surface area contributed by atoms with Crippen molar-refractivity contribution in [2.24, 2.45) is 11.0 Å². The Kier molecular flexibility index (Phi) is 4.09. The molecule has 6 heteroatoms. The van der Waals surface area contributed by atoms with Gasteiger partial charge in [0.25, 0.3) is 10.0 Å². The lowest BCUT2D eigenvalue weighted by Crippen LogP contribution is -2.24. The Morgan fingerprint density at radius 3 is 2.58 bits per heavy atom. The molecule has 104 valence electrons. The van der Waals surface area contributed by atoms with E-state index in [9.17, 15) is 8.42 Å². The van der Waals surface area contributed by atoms with E-state index in [1.807, 2.05) is 0 Å². The summed E-state index contributed by atoms with van der Waals surface area (Å²) in [5.74, 6) is 0.350. The van der Waals surface area contributed by atoms with Crippen LogP contribution < -0.4 is 10.6 Å². The van der Waals surface area contributed by atoms with E-state index in [1.54, 1.807) is 12.1 Å². The van der Waals surface area contributed by atoms with Crippen LogP contribution in [-0.4, -0.2) is 14.1 Å². The first-order valence-electron chi connectivity index (χ1n) is 6.43. The van der Waals surface area contributed by atoms with Crippen LogP contribution in [-0.2, 0) is 10.0 Å². The van der Waals surface area contributed by atoms with Crippen molar-refractivity contribution in [2.45, 2.75) is 37.5 Å². The van der Waals surface area contributed by atoms with Crippen LogP contribution in [0.1, 0.15) is 32.6 Å². The maximum atomic E-state index is 12.0. The molecule has 0 heterocycles. The number of nitrogens with zero attached hydrogens (tertiary/aromatic N) is 1. The van der Waals surface area contributed by atoms with Gasteiger partial charge in [0.1, 0.15) is 0 Å². The number of nitrogens with two attached hydrogens (primary N) is 1. The van der Waals surface area contributed by atoms with Gasteiger partial charge in [-0.15, -0.1) is 0 Å². The van der Waals surface area contributed by atoms with E-state index in [2.05, 4.69) is 16.9 Å². The molecule has 1 aromatic carbocycles. The van der Waals surface area contributed by atoms with E-state index >= 15 is 0 Å². The Hall–Kier alpha value is -1.56. The van der Waals surface area contributed by atoms with Crippen molar-refractivity contribution < 1.29 is 8.42 Å². The molecule has 1 saturated carbocycles. The summed E-state index contributed by atoms with van der Waals surface area (Å²) in [6, 6.07) is 6.07. The fraction of sp³-hybridized carbons (Fsp3) is 0.462. The molecule has 1 fully saturated rings. The zero-order valence-electron chi connectivity index (χ0n) is 11.0. The highest BCUT2D eigenvalue weighted by Gasteiger charge is 2.18. The molecular weight excluding hydrogens is 262 g/mol. The molecule has 1 aliphatic carbocycles. The van der Waals surface area contributed by atoms with Crippen molar-refractivity contribution in [2.75, 3.05) is 5.73 Å². The fourth-order valence-corrected chi connectivity index (χ4v) is 2.99. The maximum absolute atomic E-state index is 12.0. The molecule has 0 saturated heterocycles. The summed E-state index contributed by atoms with van der Waals surface area (Å²) in [4.78, 5) is 2.49. The number of anilines is 1. The average molecular weight is 281 g/mol. The predicted molar refractivity (Wildman–Crippen MR) is 76.2 cm³/mol. The van der Waals surface area contributed by atoms with Crippen molar-refractivity contribution >= 4 is 21.4 Å². The SMILES string of the molecule is CC1CCCCC1=NNS(=O)(=O)c1ccc(N)cc1. The number of nitrogen functional groups attached to an aromatic ring is 1. The van der Waals surface area contributed by atoms with Crippen LogP contribution in [0.3, 0.4) is 0 Å². The first-order chi connectivity index (χ1) is 8.99. The third-order valence-corrected chi connectivity index (χ3v) is 4.61. The maximum Gasteiger partial charge on any atom is 0.276 e. The van der Waals surface area contributed by atoms with E-state index in [-0.39, 0.29) is 4.90 Å². The zero-order valence-corrected chi connectivity index (χ0v) is 11.8. The van der Waals surface area contributed by atoms with Crippen LogP contribution in [0.4, 0.5) is 5.69 Å². The highest BCUT2D eigenvalue weighted by atomic mass is 32.2.